The van der Waals surface area contributed by atoms with Crippen LogP contribution in [0.25, 0.3) is 11.0 Å². The molecule has 1 fully saturated rings. The second-order valence-electron chi connectivity index (χ2n) is 8.32. The SMILES string of the molecule is CCCn1c(Nc2cc(CO)cc(CC)n2)nc2cc(C(N)=O)cc(OCCC3COC3)c21. The van der Waals surface area contributed by atoms with E-state index in [4.69, 9.17) is 20.2 Å². The van der Waals surface area contributed by atoms with Gasteiger partial charge in [0.2, 0.25) is 11.9 Å². The van der Waals surface area contributed by atoms with E-state index < -0.39 is 5.91 Å². The average Bonchev–Trinajstić information content (AvgIpc) is 3.12. The van der Waals surface area contributed by atoms with Crippen molar-refractivity contribution in [3.05, 3.63) is 41.1 Å². The number of pyridine rings is 1. The maximum Gasteiger partial charge on any atom is 0.248 e. The van der Waals surface area contributed by atoms with Crippen molar-refractivity contribution >= 4 is 28.7 Å². The maximum absolute atomic E-state index is 12.0. The number of aryl methyl sites for hydroxylation is 2. The van der Waals surface area contributed by atoms with Crippen molar-refractivity contribution in [1.29, 1.82) is 0 Å². The lowest BCUT2D eigenvalue weighted by Gasteiger charge is -2.25. The van der Waals surface area contributed by atoms with E-state index in [1.54, 1.807) is 12.1 Å². The number of aliphatic hydroxyl groups is 1. The largest absolute Gasteiger partial charge is 0.491 e. The smallest absolute Gasteiger partial charge is 0.248 e. The minimum atomic E-state index is -0.529. The van der Waals surface area contributed by atoms with Gasteiger partial charge in [-0.25, -0.2) is 9.97 Å². The van der Waals surface area contributed by atoms with Crippen LogP contribution in [0.5, 0.6) is 5.75 Å². The van der Waals surface area contributed by atoms with Crippen LogP contribution in [-0.2, 0) is 24.3 Å². The summed E-state index contributed by atoms with van der Waals surface area (Å²) in [4.78, 5) is 21.3. The summed E-state index contributed by atoms with van der Waals surface area (Å²) in [6.07, 6.45) is 2.51. The number of nitrogens with one attached hydrogen (secondary N) is 1. The highest BCUT2D eigenvalue weighted by molar-refractivity contribution is 5.99. The van der Waals surface area contributed by atoms with E-state index >= 15 is 0 Å². The van der Waals surface area contributed by atoms with Crippen LogP contribution in [-0.4, -0.2) is 45.4 Å². The van der Waals surface area contributed by atoms with Gasteiger partial charge in [0.1, 0.15) is 17.1 Å². The Labute approximate surface area is 192 Å². The number of nitrogens with zero attached hydrogens (tertiary/aromatic N) is 3. The Balaban J connectivity index is 1.74. The van der Waals surface area contributed by atoms with E-state index in [1.165, 1.54) is 0 Å². The molecule has 0 atom stereocenters. The number of aromatic nitrogens is 3. The Kier molecular flexibility index (Phi) is 7.10. The fourth-order valence-electron chi connectivity index (χ4n) is 3.91. The number of carbonyl (C=O) groups is 1. The predicted molar refractivity (Wildman–Crippen MR) is 126 cm³/mol. The topological polar surface area (TPSA) is 125 Å². The molecule has 1 aliphatic rings. The van der Waals surface area contributed by atoms with Gasteiger partial charge in [-0.15, -0.1) is 0 Å². The van der Waals surface area contributed by atoms with E-state index in [0.717, 1.165) is 49.3 Å². The quantitative estimate of drug-likeness (QED) is 0.407. The third-order valence-electron chi connectivity index (χ3n) is 5.75. The first-order chi connectivity index (χ1) is 16.0. The standard InChI is InChI=1S/C24H31N5O4/c1-3-6-29-22-19(27-24(29)28-21-9-16(12-30)8-18(4-2)26-21)10-17(23(25)31)11-20(22)33-7-5-15-13-32-14-15/h8-11,15,30H,3-7,12-14H2,1-2H3,(H2,25,31)(H,26,27,28). The number of nitrogens with two attached hydrogens (primary N) is 1. The third kappa shape index (κ3) is 5.09. The zero-order valence-corrected chi connectivity index (χ0v) is 19.1. The van der Waals surface area contributed by atoms with Gasteiger partial charge in [0.25, 0.3) is 0 Å². The number of aliphatic hydroxyl groups excluding tert-OH is 1. The second-order valence-corrected chi connectivity index (χ2v) is 8.32. The highest BCUT2D eigenvalue weighted by Gasteiger charge is 2.21. The molecule has 0 aliphatic carbocycles. The molecule has 1 amide bonds. The second kappa shape index (κ2) is 10.2. The molecule has 1 aromatic carbocycles. The van der Waals surface area contributed by atoms with Crippen LogP contribution in [0, 0.1) is 5.92 Å². The fourth-order valence-corrected chi connectivity index (χ4v) is 3.91. The number of benzene rings is 1. The summed E-state index contributed by atoms with van der Waals surface area (Å²) in [6, 6.07) is 7.08. The Morgan fingerprint density at radius 2 is 2.09 bits per heavy atom. The average molecular weight is 454 g/mol. The molecule has 3 aromatic rings. The van der Waals surface area contributed by atoms with Crippen LogP contribution in [0.1, 0.15) is 48.3 Å². The predicted octanol–water partition coefficient (Wildman–Crippen LogP) is 3.15. The number of rotatable bonds is 11. The molecular weight excluding hydrogens is 422 g/mol. The van der Waals surface area contributed by atoms with E-state index in [2.05, 4.69) is 17.2 Å². The summed E-state index contributed by atoms with van der Waals surface area (Å²) < 4.78 is 13.4. The Morgan fingerprint density at radius 3 is 2.73 bits per heavy atom. The zero-order chi connectivity index (χ0) is 23.4. The van der Waals surface area contributed by atoms with E-state index in [9.17, 15) is 9.90 Å². The Bertz CT molecular complexity index is 1120. The molecule has 9 heteroatoms. The van der Waals surface area contributed by atoms with Crippen LogP contribution in [0.4, 0.5) is 11.8 Å². The summed E-state index contributed by atoms with van der Waals surface area (Å²) >= 11 is 0. The third-order valence-corrected chi connectivity index (χ3v) is 5.75. The summed E-state index contributed by atoms with van der Waals surface area (Å²) in [5.41, 5.74) is 9.02. The molecule has 176 valence electrons. The van der Waals surface area contributed by atoms with Crippen LogP contribution in [0.2, 0.25) is 0 Å². The Hall–Kier alpha value is -3.17. The number of ether oxygens (including phenoxy) is 2. The maximum atomic E-state index is 12.0. The summed E-state index contributed by atoms with van der Waals surface area (Å²) in [5, 5.41) is 12.9. The van der Waals surface area contributed by atoms with Crippen LogP contribution in [0.15, 0.2) is 24.3 Å². The molecule has 3 heterocycles. The van der Waals surface area contributed by atoms with E-state index in [0.29, 0.717) is 47.7 Å². The normalized spacial score (nSPS) is 13.8. The number of carbonyl (C=O) groups excluding carboxylic acids is 1. The lowest BCUT2D eigenvalue weighted by molar-refractivity contribution is -0.0400. The molecule has 0 unspecified atom stereocenters. The van der Waals surface area contributed by atoms with E-state index in [-0.39, 0.29) is 6.61 Å². The number of primary amides is 1. The number of hydrogen-bond acceptors (Lipinski definition) is 7. The summed E-state index contributed by atoms with van der Waals surface area (Å²) in [5.74, 6) is 1.76. The van der Waals surface area contributed by atoms with Crippen molar-refractivity contribution in [3.8, 4) is 5.75 Å². The van der Waals surface area contributed by atoms with Gasteiger partial charge in [-0.1, -0.05) is 13.8 Å². The first-order valence-corrected chi connectivity index (χ1v) is 11.4. The highest BCUT2D eigenvalue weighted by Crippen LogP contribution is 2.32. The van der Waals surface area contributed by atoms with Gasteiger partial charge in [0.15, 0.2) is 0 Å². The van der Waals surface area contributed by atoms with Crippen LogP contribution in [0.3, 0.4) is 0 Å². The molecule has 2 aromatic heterocycles. The van der Waals surface area contributed by atoms with Crippen molar-refractivity contribution in [1.82, 2.24) is 14.5 Å². The molecule has 1 aliphatic heterocycles. The van der Waals surface area contributed by atoms with Gasteiger partial charge in [-0.2, -0.15) is 0 Å². The minimum absolute atomic E-state index is 0.0679. The zero-order valence-electron chi connectivity index (χ0n) is 19.1. The number of hydrogen-bond donors (Lipinski definition) is 3. The number of amides is 1. The molecule has 0 saturated carbocycles. The van der Waals surface area contributed by atoms with Crippen molar-refractivity contribution in [3.63, 3.8) is 0 Å². The number of fused-ring (bicyclic) bond motifs is 1. The van der Waals surface area contributed by atoms with Gasteiger partial charge in [-0.3, -0.25) is 4.79 Å². The van der Waals surface area contributed by atoms with Gasteiger partial charge >= 0.3 is 0 Å². The summed E-state index contributed by atoms with van der Waals surface area (Å²) in [6.45, 7) is 6.78. The van der Waals surface area contributed by atoms with Crippen LogP contribution >= 0.6 is 0 Å². The van der Waals surface area contributed by atoms with Gasteiger partial charge < -0.3 is 30.2 Å². The van der Waals surface area contributed by atoms with Crippen molar-refractivity contribution < 1.29 is 19.4 Å². The summed E-state index contributed by atoms with van der Waals surface area (Å²) in [7, 11) is 0. The van der Waals surface area contributed by atoms with Gasteiger partial charge in [0, 0.05) is 23.7 Å². The minimum Gasteiger partial charge on any atom is -0.491 e. The van der Waals surface area contributed by atoms with Gasteiger partial charge in [-0.05, 0) is 49.1 Å². The molecule has 1 saturated heterocycles. The Morgan fingerprint density at radius 1 is 1.27 bits per heavy atom. The molecule has 33 heavy (non-hydrogen) atoms. The monoisotopic (exact) mass is 453 g/mol. The van der Waals surface area contributed by atoms with Crippen molar-refractivity contribution in [2.24, 2.45) is 11.7 Å². The van der Waals surface area contributed by atoms with Crippen molar-refractivity contribution in [2.45, 2.75) is 46.3 Å². The molecule has 0 bridgehead atoms. The molecule has 4 N–H and O–H groups in total. The van der Waals surface area contributed by atoms with Crippen LogP contribution < -0.4 is 15.8 Å². The first-order valence-electron chi connectivity index (χ1n) is 11.4. The lowest BCUT2D eigenvalue weighted by atomic mass is 10.1. The molecule has 9 nitrogen and oxygen atoms in total. The van der Waals surface area contributed by atoms with E-state index in [1.807, 2.05) is 23.6 Å². The molecule has 4 rings (SSSR count). The fraction of sp³-hybridized carbons (Fsp3) is 0.458. The lowest BCUT2D eigenvalue weighted by Crippen LogP contribution is -2.28. The first kappa shape index (κ1) is 23.0. The van der Waals surface area contributed by atoms with Crippen molar-refractivity contribution in [2.75, 3.05) is 25.1 Å². The molecular formula is C24H31N5O4. The molecule has 0 spiro atoms. The van der Waals surface area contributed by atoms with Gasteiger partial charge in [0.05, 0.1) is 31.9 Å². The highest BCUT2D eigenvalue weighted by atomic mass is 16.5. The molecule has 0 radical (unpaired) electrons. The number of anilines is 2. The number of imidazole rings is 1.